The number of nitrogens with zero attached hydrogens (tertiary/aromatic N) is 2. The Kier molecular flexibility index (Phi) is 5.00. The van der Waals surface area contributed by atoms with Gasteiger partial charge in [0, 0.05) is 26.2 Å². The van der Waals surface area contributed by atoms with E-state index >= 15 is 0 Å². The minimum absolute atomic E-state index is 0.271. The normalized spacial score (nSPS) is 22.1. The second-order valence-corrected chi connectivity index (χ2v) is 6.38. The number of rotatable bonds is 2. The van der Waals surface area contributed by atoms with Crippen LogP contribution in [0.5, 0.6) is 0 Å². The van der Waals surface area contributed by atoms with E-state index in [1.807, 2.05) is 0 Å². The summed E-state index contributed by atoms with van der Waals surface area (Å²) in [6, 6.07) is 4.28. The van der Waals surface area contributed by atoms with Gasteiger partial charge in [-0.2, -0.15) is 0 Å². The minimum atomic E-state index is -0.469. The molecule has 0 radical (unpaired) electrons. The first-order chi connectivity index (χ1) is 11.1. The summed E-state index contributed by atoms with van der Waals surface area (Å²) in [5, 5.41) is 12.5. The van der Waals surface area contributed by atoms with Gasteiger partial charge in [-0.3, -0.25) is 0 Å². The number of nitrogens with one attached hydrogen (secondary N) is 1. The molecule has 0 bridgehead atoms. The highest BCUT2D eigenvalue weighted by atomic mass is 19.1. The molecule has 126 valence electrons. The summed E-state index contributed by atoms with van der Waals surface area (Å²) in [5.41, 5.74) is 1.38. The third-order valence-electron chi connectivity index (χ3n) is 4.58. The quantitative estimate of drug-likeness (QED) is 0.881. The maximum atomic E-state index is 13.6. The zero-order valence-corrected chi connectivity index (χ0v) is 13.3. The van der Waals surface area contributed by atoms with Crippen LogP contribution in [0.15, 0.2) is 18.2 Å². The lowest BCUT2D eigenvalue weighted by atomic mass is 10.1. The smallest absolute Gasteiger partial charge is 0.321 e. The second-order valence-electron chi connectivity index (χ2n) is 6.38. The third kappa shape index (κ3) is 3.93. The molecule has 2 amide bonds. The van der Waals surface area contributed by atoms with Gasteiger partial charge in [0.15, 0.2) is 0 Å². The van der Waals surface area contributed by atoms with Gasteiger partial charge in [-0.1, -0.05) is 0 Å². The van der Waals surface area contributed by atoms with E-state index in [1.165, 1.54) is 18.6 Å². The van der Waals surface area contributed by atoms with Gasteiger partial charge >= 0.3 is 6.03 Å². The van der Waals surface area contributed by atoms with Crippen molar-refractivity contribution >= 4 is 17.4 Å². The fourth-order valence-corrected chi connectivity index (χ4v) is 3.35. The Morgan fingerprint density at radius 2 is 1.96 bits per heavy atom. The Balaban J connectivity index is 1.75. The lowest BCUT2D eigenvalue weighted by Crippen LogP contribution is -2.44. The zero-order valence-electron chi connectivity index (χ0n) is 13.3. The fourth-order valence-electron chi connectivity index (χ4n) is 3.35. The number of urea groups is 1. The molecule has 2 saturated heterocycles. The van der Waals surface area contributed by atoms with Crippen molar-refractivity contribution in [3.8, 4) is 0 Å². The number of hydrogen-bond donors (Lipinski definition) is 2. The minimum Gasteiger partial charge on any atom is -0.391 e. The van der Waals surface area contributed by atoms with E-state index < -0.39 is 6.10 Å². The van der Waals surface area contributed by atoms with Gasteiger partial charge in [0.05, 0.1) is 17.5 Å². The van der Waals surface area contributed by atoms with Crippen molar-refractivity contribution < 1.29 is 14.3 Å². The first-order valence-corrected chi connectivity index (χ1v) is 8.42. The monoisotopic (exact) mass is 321 g/mol. The van der Waals surface area contributed by atoms with Crippen LogP contribution in [0.4, 0.5) is 20.6 Å². The van der Waals surface area contributed by atoms with Crippen LogP contribution in [0.1, 0.15) is 32.1 Å². The molecular weight excluding hydrogens is 297 g/mol. The molecule has 0 spiro atoms. The number of benzene rings is 1. The largest absolute Gasteiger partial charge is 0.391 e. The first kappa shape index (κ1) is 16.1. The number of halogens is 1. The summed E-state index contributed by atoms with van der Waals surface area (Å²) in [6.45, 7) is 2.81. The van der Waals surface area contributed by atoms with Crippen molar-refractivity contribution in [3.63, 3.8) is 0 Å². The number of piperidine rings is 2. The molecule has 1 aromatic rings. The van der Waals surface area contributed by atoms with Gasteiger partial charge in [-0.15, -0.1) is 0 Å². The molecule has 3 rings (SSSR count). The van der Waals surface area contributed by atoms with Crippen molar-refractivity contribution in [1.29, 1.82) is 0 Å². The zero-order chi connectivity index (χ0) is 16.2. The Morgan fingerprint density at radius 3 is 2.70 bits per heavy atom. The Morgan fingerprint density at radius 1 is 1.17 bits per heavy atom. The molecule has 0 unspecified atom stereocenters. The van der Waals surface area contributed by atoms with Crippen LogP contribution in [-0.4, -0.2) is 48.3 Å². The molecule has 0 saturated carbocycles. The van der Waals surface area contributed by atoms with E-state index in [1.54, 1.807) is 11.0 Å². The number of anilines is 2. The van der Waals surface area contributed by atoms with E-state index in [9.17, 15) is 14.3 Å². The van der Waals surface area contributed by atoms with Crippen molar-refractivity contribution in [1.82, 2.24) is 4.90 Å². The molecule has 0 aromatic heterocycles. The molecule has 0 aliphatic carbocycles. The van der Waals surface area contributed by atoms with Gasteiger partial charge in [0.2, 0.25) is 0 Å². The van der Waals surface area contributed by atoms with Crippen molar-refractivity contribution in [3.05, 3.63) is 24.0 Å². The summed E-state index contributed by atoms with van der Waals surface area (Å²) >= 11 is 0. The maximum Gasteiger partial charge on any atom is 0.321 e. The molecule has 1 atom stereocenters. The summed E-state index contributed by atoms with van der Waals surface area (Å²) in [5.74, 6) is -0.361. The molecule has 5 nitrogen and oxygen atoms in total. The number of carbonyl (C=O) groups is 1. The van der Waals surface area contributed by atoms with E-state index in [-0.39, 0.29) is 11.8 Å². The highest BCUT2D eigenvalue weighted by Gasteiger charge is 2.23. The Hall–Kier alpha value is -1.82. The maximum absolute atomic E-state index is 13.6. The highest BCUT2D eigenvalue weighted by molar-refractivity contribution is 5.93. The molecular formula is C17H24FN3O2. The predicted octanol–water partition coefficient (Wildman–Crippen LogP) is 2.80. The van der Waals surface area contributed by atoms with Gasteiger partial charge in [-0.25, -0.2) is 9.18 Å². The molecule has 2 aliphatic heterocycles. The number of carbonyl (C=O) groups excluding carboxylic acids is 1. The lowest BCUT2D eigenvalue weighted by Gasteiger charge is -2.33. The summed E-state index contributed by atoms with van der Waals surface area (Å²) in [6.07, 6.45) is 4.49. The van der Waals surface area contributed by atoms with Crippen molar-refractivity contribution in [2.24, 2.45) is 0 Å². The van der Waals surface area contributed by atoms with Gasteiger partial charge < -0.3 is 20.2 Å². The topological polar surface area (TPSA) is 55.8 Å². The number of aliphatic hydroxyl groups is 1. The standard InChI is InChI=1S/C17H24FN3O2/c18-13-6-7-16(20-8-2-1-3-9-20)15(11-13)19-17(23)21-10-4-5-14(22)12-21/h6-7,11,14,22H,1-5,8-10,12H2,(H,19,23)/t14-/m0/s1. The average molecular weight is 321 g/mol. The van der Waals surface area contributed by atoms with E-state index in [0.29, 0.717) is 18.8 Å². The van der Waals surface area contributed by atoms with Crippen LogP contribution in [0.2, 0.25) is 0 Å². The molecule has 6 heteroatoms. The summed E-state index contributed by atoms with van der Waals surface area (Å²) in [4.78, 5) is 16.2. The number of likely N-dealkylation sites (tertiary alicyclic amines) is 1. The van der Waals surface area contributed by atoms with E-state index in [2.05, 4.69) is 10.2 Å². The average Bonchev–Trinajstić information content (AvgIpc) is 2.56. The Labute approximate surface area is 136 Å². The molecule has 2 N–H and O–H groups in total. The number of hydrogen-bond acceptors (Lipinski definition) is 3. The SMILES string of the molecule is O=C(Nc1cc(F)ccc1N1CCCCC1)N1CCC[C@H](O)C1. The summed E-state index contributed by atoms with van der Waals surface area (Å²) < 4.78 is 13.6. The number of β-amino-alcohol motifs (C(OH)–C–C–N with tert-alkyl or cyclic N) is 1. The molecule has 2 aliphatic rings. The van der Waals surface area contributed by atoms with Gasteiger partial charge in [0.1, 0.15) is 5.82 Å². The van der Waals surface area contributed by atoms with E-state index in [4.69, 9.17) is 0 Å². The predicted molar refractivity (Wildman–Crippen MR) is 88.3 cm³/mol. The highest BCUT2D eigenvalue weighted by Crippen LogP contribution is 2.29. The van der Waals surface area contributed by atoms with Crippen molar-refractivity contribution in [2.45, 2.75) is 38.2 Å². The molecule has 2 fully saturated rings. The lowest BCUT2D eigenvalue weighted by molar-refractivity contribution is 0.0883. The van der Waals surface area contributed by atoms with Crippen LogP contribution < -0.4 is 10.2 Å². The number of aliphatic hydroxyl groups excluding tert-OH is 1. The first-order valence-electron chi connectivity index (χ1n) is 8.42. The van der Waals surface area contributed by atoms with Crippen LogP contribution in [0.25, 0.3) is 0 Å². The van der Waals surface area contributed by atoms with Crippen LogP contribution in [0, 0.1) is 5.82 Å². The molecule has 2 heterocycles. The number of amides is 2. The van der Waals surface area contributed by atoms with Gasteiger partial charge in [-0.05, 0) is 50.3 Å². The summed E-state index contributed by atoms with van der Waals surface area (Å²) in [7, 11) is 0. The molecule has 1 aromatic carbocycles. The van der Waals surface area contributed by atoms with E-state index in [0.717, 1.165) is 44.5 Å². The molecule has 23 heavy (non-hydrogen) atoms. The third-order valence-corrected chi connectivity index (χ3v) is 4.58. The van der Waals surface area contributed by atoms with Crippen molar-refractivity contribution in [2.75, 3.05) is 36.4 Å². The fraction of sp³-hybridized carbons (Fsp3) is 0.588. The Bertz CT molecular complexity index is 561. The second kappa shape index (κ2) is 7.17. The van der Waals surface area contributed by atoms with Crippen LogP contribution in [-0.2, 0) is 0 Å². The van der Waals surface area contributed by atoms with Crippen LogP contribution in [0.3, 0.4) is 0 Å². The van der Waals surface area contributed by atoms with Crippen LogP contribution >= 0.6 is 0 Å². The van der Waals surface area contributed by atoms with Gasteiger partial charge in [0.25, 0.3) is 0 Å².